The molecular formula is C7H13BrN6O2S. The van der Waals surface area contributed by atoms with Gasteiger partial charge in [-0.25, -0.2) is 24.0 Å². The molecule has 0 saturated carbocycles. The number of nitrogens with one attached hydrogen (secondary N) is 3. The van der Waals surface area contributed by atoms with E-state index in [0.717, 1.165) is 0 Å². The van der Waals surface area contributed by atoms with Crippen LogP contribution >= 0.6 is 15.9 Å². The highest BCUT2D eigenvalue weighted by Crippen LogP contribution is 2.19. The first-order valence-corrected chi connectivity index (χ1v) is 7.07. The molecule has 0 radical (unpaired) electrons. The normalized spacial score (nSPS) is 11.2. The van der Waals surface area contributed by atoms with Crippen LogP contribution in [0.5, 0.6) is 0 Å². The predicted octanol–water partition coefficient (Wildman–Crippen LogP) is -0.514. The molecule has 0 bridgehead atoms. The number of nitrogens with zero attached hydrogens (tertiary/aromatic N) is 2. The molecule has 1 aromatic rings. The van der Waals surface area contributed by atoms with Gasteiger partial charge in [0.1, 0.15) is 5.82 Å². The molecule has 5 N–H and O–H groups in total. The van der Waals surface area contributed by atoms with E-state index in [0.29, 0.717) is 10.3 Å². The summed E-state index contributed by atoms with van der Waals surface area (Å²) in [5.41, 5.74) is 2.30. The minimum absolute atomic E-state index is 0.0503. The highest BCUT2D eigenvalue weighted by molar-refractivity contribution is 9.10. The summed E-state index contributed by atoms with van der Waals surface area (Å²) in [7, 11) is -1.86. The van der Waals surface area contributed by atoms with E-state index in [4.69, 9.17) is 5.84 Å². The molecule has 8 nitrogen and oxygen atoms in total. The van der Waals surface area contributed by atoms with E-state index >= 15 is 0 Å². The van der Waals surface area contributed by atoms with Gasteiger partial charge in [-0.05, 0) is 23.0 Å². The van der Waals surface area contributed by atoms with E-state index in [9.17, 15) is 8.42 Å². The number of rotatable bonds is 6. The minimum atomic E-state index is -3.23. The average Bonchev–Trinajstić information content (AvgIpc) is 2.31. The summed E-state index contributed by atoms with van der Waals surface area (Å²) in [5.74, 6) is 5.83. The molecule has 1 aromatic heterocycles. The lowest BCUT2D eigenvalue weighted by atomic mass is 10.5. The molecule has 17 heavy (non-hydrogen) atoms. The van der Waals surface area contributed by atoms with Gasteiger partial charge in [-0.3, -0.25) is 5.43 Å². The van der Waals surface area contributed by atoms with Gasteiger partial charge in [0, 0.05) is 12.7 Å². The van der Waals surface area contributed by atoms with Gasteiger partial charge in [0.25, 0.3) is 0 Å². The van der Waals surface area contributed by atoms with Gasteiger partial charge in [-0.2, -0.15) is 4.98 Å². The second kappa shape index (κ2) is 6.10. The summed E-state index contributed by atoms with van der Waals surface area (Å²) in [6.07, 6.45) is 1.51. The lowest BCUT2D eigenvalue weighted by molar-refractivity contribution is 0.588. The summed E-state index contributed by atoms with van der Waals surface area (Å²) >= 11 is 3.24. The van der Waals surface area contributed by atoms with Crippen molar-refractivity contribution in [3.05, 3.63) is 10.7 Å². The summed E-state index contributed by atoms with van der Waals surface area (Å²) in [4.78, 5) is 7.88. The van der Waals surface area contributed by atoms with Crippen LogP contribution in [0.4, 0.5) is 11.8 Å². The van der Waals surface area contributed by atoms with Gasteiger partial charge in [-0.15, -0.1) is 0 Å². The molecule has 1 heterocycles. The average molecular weight is 325 g/mol. The van der Waals surface area contributed by atoms with Crippen molar-refractivity contribution in [2.45, 2.75) is 0 Å². The number of hydrogen-bond donors (Lipinski definition) is 4. The van der Waals surface area contributed by atoms with E-state index < -0.39 is 10.0 Å². The predicted molar refractivity (Wildman–Crippen MR) is 68.9 cm³/mol. The maximum atomic E-state index is 11.2. The number of sulfonamides is 1. The van der Waals surface area contributed by atoms with E-state index in [1.807, 2.05) is 0 Å². The summed E-state index contributed by atoms with van der Waals surface area (Å²) in [5, 5.41) is 2.87. The first-order chi connectivity index (χ1) is 7.98. The highest BCUT2D eigenvalue weighted by atomic mass is 79.9. The molecule has 0 unspecified atom stereocenters. The molecule has 0 aromatic carbocycles. The van der Waals surface area contributed by atoms with Crippen molar-refractivity contribution >= 4 is 37.7 Å². The Labute approximate surface area is 108 Å². The van der Waals surface area contributed by atoms with Crippen molar-refractivity contribution in [1.82, 2.24) is 14.7 Å². The molecule has 0 atom stereocenters. The molecule has 0 saturated heterocycles. The maximum absolute atomic E-state index is 11.2. The molecule has 10 heteroatoms. The van der Waals surface area contributed by atoms with Crippen LogP contribution in [-0.4, -0.2) is 37.7 Å². The van der Waals surface area contributed by atoms with E-state index in [-0.39, 0.29) is 18.2 Å². The summed E-state index contributed by atoms with van der Waals surface area (Å²) in [6.45, 7) is 0.225. The topological polar surface area (TPSA) is 122 Å². The molecule has 0 spiro atoms. The lowest BCUT2D eigenvalue weighted by Gasteiger charge is -2.08. The zero-order valence-electron chi connectivity index (χ0n) is 9.07. The lowest BCUT2D eigenvalue weighted by Crippen LogP contribution is -2.26. The van der Waals surface area contributed by atoms with Gasteiger partial charge in [0.2, 0.25) is 16.0 Å². The van der Waals surface area contributed by atoms with Crippen molar-refractivity contribution in [3.63, 3.8) is 0 Å². The third kappa shape index (κ3) is 4.42. The Balaban J connectivity index is 2.63. The number of nitrogens with two attached hydrogens (primary N) is 1. The van der Waals surface area contributed by atoms with Gasteiger partial charge in [-0.1, -0.05) is 0 Å². The van der Waals surface area contributed by atoms with Crippen molar-refractivity contribution in [2.75, 3.05) is 30.1 Å². The molecule has 0 amide bonds. The van der Waals surface area contributed by atoms with E-state index in [1.165, 1.54) is 13.2 Å². The largest absolute Gasteiger partial charge is 0.368 e. The molecule has 1 rings (SSSR count). The Morgan fingerprint density at radius 2 is 2.24 bits per heavy atom. The standard InChI is InChI=1S/C7H13BrN6O2S/c1-10-17(15,16)3-2-11-6-5(8)4-12-7(13-6)14-9/h4,10H,2-3,9H2,1H3,(H2,11,12,13,14). The smallest absolute Gasteiger partial charge is 0.239 e. The fourth-order valence-corrected chi connectivity index (χ4v) is 1.87. The fraction of sp³-hybridized carbons (Fsp3) is 0.429. The molecule has 0 aliphatic carbocycles. The number of aromatic nitrogens is 2. The van der Waals surface area contributed by atoms with Crippen LogP contribution < -0.4 is 21.3 Å². The Morgan fingerprint density at radius 1 is 1.53 bits per heavy atom. The van der Waals surface area contributed by atoms with Crippen LogP contribution in [-0.2, 0) is 10.0 Å². The zero-order chi connectivity index (χ0) is 12.9. The summed E-state index contributed by atoms with van der Waals surface area (Å²) < 4.78 is 25.2. The number of anilines is 2. The van der Waals surface area contributed by atoms with Crippen LogP contribution in [0.25, 0.3) is 0 Å². The van der Waals surface area contributed by atoms with Crippen LogP contribution in [0.1, 0.15) is 0 Å². The minimum Gasteiger partial charge on any atom is -0.368 e. The van der Waals surface area contributed by atoms with E-state index in [2.05, 4.69) is 41.4 Å². The molecule has 0 fully saturated rings. The first-order valence-electron chi connectivity index (χ1n) is 4.63. The second-order valence-electron chi connectivity index (χ2n) is 2.98. The third-order valence-corrected chi connectivity index (χ3v) is 3.79. The van der Waals surface area contributed by atoms with Gasteiger partial charge < -0.3 is 5.32 Å². The molecule has 96 valence electrons. The van der Waals surface area contributed by atoms with Crippen molar-refractivity contribution < 1.29 is 8.42 Å². The molecule has 0 aliphatic rings. The summed E-state index contributed by atoms with van der Waals surface area (Å²) in [6, 6.07) is 0. The maximum Gasteiger partial charge on any atom is 0.239 e. The highest BCUT2D eigenvalue weighted by Gasteiger charge is 2.08. The van der Waals surface area contributed by atoms with Gasteiger partial charge in [0.15, 0.2) is 0 Å². The van der Waals surface area contributed by atoms with Crippen LogP contribution in [0.15, 0.2) is 10.7 Å². The van der Waals surface area contributed by atoms with E-state index in [1.54, 1.807) is 0 Å². The monoisotopic (exact) mass is 324 g/mol. The number of hydrazine groups is 1. The van der Waals surface area contributed by atoms with Gasteiger partial charge in [0.05, 0.1) is 10.2 Å². The Kier molecular flexibility index (Phi) is 5.05. The van der Waals surface area contributed by atoms with Crippen LogP contribution in [0.2, 0.25) is 0 Å². The fourth-order valence-electron chi connectivity index (χ4n) is 0.966. The Hall–Kier alpha value is -0.970. The van der Waals surface area contributed by atoms with Crippen molar-refractivity contribution in [1.29, 1.82) is 0 Å². The SMILES string of the molecule is CNS(=O)(=O)CCNc1nc(NN)ncc1Br. The zero-order valence-corrected chi connectivity index (χ0v) is 11.5. The van der Waals surface area contributed by atoms with Gasteiger partial charge >= 0.3 is 0 Å². The van der Waals surface area contributed by atoms with Crippen LogP contribution in [0, 0.1) is 0 Å². The molecule has 0 aliphatic heterocycles. The number of hydrogen-bond acceptors (Lipinski definition) is 7. The second-order valence-corrected chi connectivity index (χ2v) is 5.88. The van der Waals surface area contributed by atoms with Crippen molar-refractivity contribution in [2.24, 2.45) is 5.84 Å². The van der Waals surface area contributed by atoms with Crippen molar-refractivity contribution in [3.8, 4) is 0 Å². The Bertz CT molecular complexity index is 479. The third-order valence-electron chi connectivity index (χ3n) is 1.85. The Morgan fingerprint density at radius 3 is 2.82 bits per heavy atom. The quantitative estimate of drug-likeness (QED) is 0.410. The van der Waals surface area contributed by atoms with Crippen LogP contribution in [0.3, 0.4) is 0 Å². The molecular weight excluding hydrogens is 312 g/mol. The first kappa shape index (κ1) is 14.1. The number of halogens is 1. The number of nitrogen functional groups attached to an aromatic ring is 1.